The molecule has 2 rings (SSSR count). The lowest BCUT2D eigenvalue weighted by atomic mass is 10.1. The topological polar surface area (TPSA) is 17.8 Å². The smallest absolute Gasteiger partial charge is 0.0568 e. The molecule has 2 heteroatoms. The molecule has 1 heterocycles. The van der Waals surface area contributed by atoms with Gasteiger partial charge in [0.05, 0.1) is 6.20 Å². The van der Waals surface area contributed by atoms with Crippen molar-refractivity contribution in [3.63, 3.8) is 0 Å². The van der Waals surface area contributed by atoms with Gasteiger partial charge in [-0.3, -0.25) is 4.68 Å². The van der Waals surface area contributed by atoms with Crippen molar-refractivity contribution in [1.82, 2.24) is 9.78 Å². The summed E-state index contributed by atoms with van der Waals surface area (Å²) in [6, 6.07) is 8.46. The Hall–Kier alpha value is -1.57. The van der Waals surface area contributed by atoms with Gasteiger partial charge in [-0.1, -0.05) is 43.7 Å². The molecule has 0 bridgehead atoms. The van der Waals surface area contributed by atoms with Crippen LogP contribution in [-0.2, 0) is 7.05 Å². The van der Waals surface area contributed by atoms with Crippen LogP contribution in [0, 0.1) is 6.92 Å². The predicted molar refractivity (Wildman–Crippen MR) is 64.7 cm³/mol. The van der Waals surface area contributed by atoms with Crippen LogP contribution in [0.1, 0.15) is 19.4 Å². The summed E-state index contributed by atoms with van der Waals surface area (Å²) >= 11 is 0. The molecule has 0 spiro atoms. The molecule has 2 nitrogen and oxygen atoms in total. The standard InChI is InChI=1S/C11H12N2.C2H6/c1-9-3-5-10(6-4-9)11-7-12-13(2)8-11;1-2/h3-8H,1-2H3;1-2H3. The van der Waals surface area contributed by atoms with Gasteiger partial charge in [0.2, 0.25) is 0 Å². The zero-order valence-electron chi connectivity index (χ0n) is 9.86. The van der Waals surface area contributed by atoms with Crippen molar-refractivity contribution in [2.45, 2.75) is 20.8 Å². The summed E-state index contributed by atoms with van der Waals surface area (Å²) in [6.07, 6.45) is 3.90. The first-order valence-corrected chi connectivity index (χ1v) is 5.31. The molecule has 0 amide bonds. The van der Waals surface area contributed by atoms with Gasteiger partial charge in [-0.25, -0.2) is 0 Å². The van der Waals surface area contributed by atoms with E-state index in [1.807, 2.05) is 38.0 Å². The summed E-state index contributed by atoms with van der Waals surface area (Å²) in [5, 5.41) is 4.13. The monoisotopic (exact) mass is 202 g/mol. The van der Waals surface area contributed by atoms with Crippen LogP contribution in [0.5, 0.6) is 0 Å². The SMILES string of the molecule is CC.Cc1ccc(-c2cnn(C)c2)cc1. The van der Waals surface area contributed by atoms with Crippen molar-refractivity contribution in [2.24, 2.45) is 7.05 Å². The minimum atomic E-state index is 1.17. The number of aromatic nitrogens is 2. The lowest BCUT2D eigenvalue weighted by Gasteiger charge is -1.96. The third kappa shape index (κ3) is 2.94. The van der Waals surface area contributed by atoms with E-state index < -0.39 is 0 Å². The molecule has 0 fully saturated rings. The number of hydrogen-bond acceptors (Lipinski definition) is 1. The molecule has 0 saturated heterocycles. The Bertz CT molecular complexity index is 399. The van der Waals surface area contributed by atoms with Gasteiger partial charge >= 0.3 is 0 Å². The fourth-order valence-electron chi connectivity index (χ4n) is 1.32. The minimum Gasteiger partial charge on any atom is -0.275 e. The average Bonchev–Trinajstić information content (AvgIpc) is 2.69. The number of hydrogen-bond donors (Lipinski definition) is 0. The normalized spacial score (nSPS) is 9.33. The molecular formula is C13H18N2. The fraction of sp³-hybridized carbons (Fsp3) is 0.308. The zero-order chi connectivity index (χ0) is 11.3. The maximum atomic E-state index is 4.13. The van der Waals surface area contributed by atoms with E-state index in [0.29, 0.717) is 0 Å². The van der Waals surface area contributed by atoms with Crippen molar-refractivity contribution < 1.29 is 0 Å². The van der Waals surface area contributed by atoms with Crippen molar-refractivity contribution in [2.75, 3.05) is 0 Å². The summed E-state index contributed by atoms with van der Waals surface area (Å²) in [4.78, 5) is 0. The average molecular weight is 202 g/mol. The van der Waals surface area contributed by atoms with E-state index in [-0.39, 0.29) is 0 Å². The number of rotatable bonds is 1. The largest absolute Gasteiger partial charge is 0.275 e. The van der Waals surface area contributed by atoms with Gasteiger partial charge in [-0.2, -0.15) is 5.10 Å². The molecule has 0 atom stereocenters. The van der Waals surface area contributed by atoms with E-state index in [9.17, 15) is 0 Å². The molecule has 0 aliphatic heterocycles. The predicted octanol–water partition coefficient (Wildman–Crippen LogP) is 3.42. The fourth-order valence-corrected chi connectivity index (χ4v) is 1.32. The Morgan fingerprint density at radius 3 is 2.07 bits per heavy atom. The molecule has 0 aliphatic carbocycles. The third-order valence-corrected chi connectivity index (χ3v) is 2.09. The van der Waals surface area contributed by atoms with Gasteiger partial charge < -0.3 is 0 Å². The Balaban J connectivity index is 0.000000531. The van der Waals surface area contributed by atoms with Gasteiger partial charge in [0, 0.05) is 18.8 Å². The first-order chi connectivity index (χ1) is 7.25. The highest BCUT2D eigenvalue weighted by Crippen LogP contribution is 2.18. The Kier molecular flexibility index (Phi) is 4.10. The van der Waals surface area contributed by atoms with E-state index in [2.05, 4.69) is 36.3 Å². The molecule has 1 aromatic heterocycles. The number of benzene rings is 1. The van der Waals surface area contributed by atoms with Crippen molar-refractivity contribution in [1.29, 1.82) is 0 Å². The first kappa shape index (κ1) is 11.5. The Morgan fingerprint density at radius 2 is 1.60 bits per heavy atom. The third-order valence-electron chi connectivity index (χ3n) is 2.09. The number of aryl methyl sites for hydroxylation is 2. The summed E-state index contributed by atoms with van der Waals surface area (Å²) in [5.41, 5.74) is 3.67. The first-order valence-electron chi connectivity index (χ1n) is 5.31. The Morgan fingerprint density at radius 1 is 1.00 bits per heavy atom. The van der Waals surface area contributed by atoms with Gasteiger partial charge in [-0.15, -0.1) is 0 Å². The maximum absolute atomic E-state index is 4.13. The number of nitrogens with zero attached hydrogens (tertiary/aromatic N) is 2. The van der Waals surface area contributed by atoms with E-state index in [4.69, 9.17) is 0 Å². The van der Waals surface area contributed by atoms with Crippen LogP contribution in [-0.4, -0.2) is 9.78 Å². The molecule has 0 radical (unpaired) electrons. The minimum absolute atomic E-state index is 1.17. The van der Waals surface area contributed by atoms with Crippen LogP contribution in [0.2, 0.25) is 0 Å². The molecule has 0 saturated carbocycles. The molecular weight excluding hydrogens is 184 g/mol. The molecule has 0 unspecified atom stereocenters. The molecule has 1 aromatic carbocycles. The van der Waals surface area contributed by atoms with Gasteiger partial charge in [0.15, 0.2) is 0 Å². The van der Waals surface area contributed by atoms with Crippen LogP contribution in [0.25, 0.3) is 11.1 Å². The van der Waals surface area contributed by atoms with Crippen LogP contribution < -0.4 is 0 Å². The second-order valence-electron chi connectivity index (χ2n) is 3.27. The molecule has 15 heavy (non-hydrogen) atoms. The summed E-state index contributed by atoms with van der Waals surface area (Å²) in [5.74, 6) is 0. The molecule has 80 valence electrons. The quantitative estimate of drug-likeness (QED) is 0.692. The molecule has 2 aromatic rings. The molecule has 0 aliphatic rings. The summed E-state index contributed by atoms with van der Waals surface area (Å²) in [6.45, 7) is 6.09. The van der Waals surface area contributed by atoms with E-state index in [1.54, 1.807) is 0 Å². The highest BCUT2D eigenvalue weighted by atomic mass is 15.2. The highest BCUT2D eigenvalue weighted by Gasteiger charge is 1.98. The van der Waals surface area contributed by atoms with E-state index >= 15 is 0 Å². The van der Waals surface area contributed by atoms with Crippen molar-refractivity contribution in [3.05, 3.63) is 42.2 Å². The van der Waals surface area contributed by atoms with Crippen LogP contribution in [0.15, 0.2) is 36.7 Å². The Labute approximate surface area is 91.6 Å². The van der Waals surface area contributed by atoms with Gasteiger partial charge in [0.25, 0.3) is 0 Å². The second kappa shape index (κ2) is 5.35. The van der Waals surface area contributed by atoms with Gasteiger partial charge in [0.1, 0.15) is 0 Å². The lowest BCUT2D eigenvalue weighted by Crippen LogP contribution is -1.84. The van der Waals surface area contributed by atoms with Crippen LogP contribution >= 0.6 is 0 Å². The van der Waals surface area contributed by atoms with Crippen molar-refractivity contribution >= 4 is 0 Å². The highest BCUT2D eigenvalue weighted by molar-refractivity contribution is 5.61. The lowest BCUT2D eigenvalue weighted by molar-refractivity contribution is 0.768. The van der Waals surface area contributed by atoms with Crippen LogP contribution in [0.3, 0.4) is 0 Å². The van der Waals surface area contributed by atoms with E-state index in [0.717, 1.165) is 0 Å². The van der Waals surface area contributed by atoms with E-state index in [1.165, 1.54) is 16.7 Å². The molecule has 0 N–H and O–H groups in total. The zero-order valence-corrected chi connectivity index (χ0v) is 9.86. The maximum Gasteiger partial charge on any atom is 0.0568 e. The van der Waals surface area contributed by atoms with Crippen LogP contribution in [0.4, 0.5) is 0 Å². The summed E-state index contributed by atoms with van der Waals surface area (Å²) < 4.78 is 1.81. The second-order valence-corrected chi connectivity index (χ2v) is 3.27. The van der Waals surface area contributed by atoms with Gasteiger partial charge in [-0.05, 0) is 12.5 Å². The van der Waals surface area contributed by atoms with Crippen molar-refractivity contribution in [3.8, 4) is 11.1 Å². The summed E-state index contributed by atoms with van der Waals surface area (Å²) in [7, 11) is 1.93.